The number of carbonyl (C=O) groups excluding carboxylic acids is 1. The van der Waals surface area contributed by atoms with Crippen molar-refractivity contribution in [2.24, 2.45) is 0 Å². The molecule has 4 rings (SSSR count). The number of likely N-dealkylation sites (tertiary alicyclic amines) is 1. The minimum absolute atomic E-state index is 0.0896. The lowest BCUT2D eigenvalue weighted by atomic mass is 9.87. The number of amides is 1. The zero-order valence-electron chi connectivity index (χ0n) is 21.2. The van der Waals surface area contributed by atoms with Crippen LogP contribution in [0.2, 0.25) is 0 Å². The maximum atomic E-state index is 13.2. The molecule has 2 heterocycles. The fourth-order valence-electron chi connectivity index (χ4n) is 4.81. The van der Waals surface area contributed by atoms with E-state index in [1.165, 1.54) is 23.7 Å². The number of hydrogen-bond donors (Lipinski definition) is 0. The standard InChI is InChI=1S/C28H36N4OS/c1-19-10-7-8-13-24(19)32-26(22-14-16-23(17-15-22)28(4,5)6)29-30-27(32)34-18-25(33)31-20(2)11-9-12-21(31)3/h7-8,10,13-17,20-21H,9,11-12,18H2,1-6H3/t20-,21-/m1/s1. The first kappa shape index (κ1) is 24.5. The Morgan fingerprint density at radius 2 is 1.65 bits per heavy atom. The number of carbonyl (C=O) groups is 1. The minimum atomic E-state index is 0.0896. The Balaban J connectivity index is 1.66. The molecule has 1 saturated heterocycles. The van der Waals surface area contributed by atoms with Crippen molar-refractivity contribution in [1.82, 2.24) is 19.7 Å². The summed E-state index contributed by atoms with van der Waals surface area (Å²) in [4.78, 5) is 15.2. The predicted molar refractivity (Wildman–Crippen MR) is 141 cm³/mol. The molecule has 5 nitrogen and oxygen atoms in total. The van der Waals surface area contributed by atoms with Gasteiger partial charge in [-0.2, -0.15) is 0 Å². The van der Waals surface area contributed by atoms with Gasteiger partial charge in [-0.05, 0) is 62.6 Å². The van der Waals surface area contributed by atoms with Crippen LogP contribution >= 0.6 is 11.8 Å². The average Bonchev–Trinajstić information content (AvgIpc) is 3.21. The Bertz CT molecular complexity index is 1140. The van der Waals surface area contributed by atoms with Crippen LogP contribution in [-0.2, 0) is 10.2 Å². The molecular formula is C28H36N4OS. The van der Waals surface area contributed by atoms with Gasteiger partial charge in [0.15, 0.2) is 11.0 Å². The predicted octanol–water partition coefficient (Wildman–Crippen LogP) is 6.42. The molecule has 0 N–H and O–H groups in total. The highest BCUT2D eigenvalue weighted by Crippen LogP contribution is 2.32. The molecule has 6 heteroatoms. The summed E-state index contributed by atoms with van der Waals surface area (Å²) in [7, 11) is 0. The lowest BCUT2D eigenvalue weighted by molar-refractivity contribution is -0.134. The van der Waals surface area contributed by atoms with Crippen LogP contribution in [0.4, 0.5) is 0 Å². The van der Waals surface area contributed by atoms with Gasteiger partial charge >= 0.3 is 0 Å². The van der Waals surface area contributed by atoms with Gasteiger partial charge in [0, 0.05) is 17.6 Å². The Morgan fingerprint density at radius 1 is 1.00 bits per heavy atom. The number of thioether (sulfide) groups is 1. The second-order valence-corrected chi connectivity index (χ2v) is 11.4. The number of aryl methyl sites for hydroxylation is 1. The SMILES string of the molecule is Cc1ccccc1-n1c(SCC(=O)N2[C@H](C)CCC[C@H]2C)nnc1-c1ccc(C(C)(C)C)cc1. The van der Waals surface area contributed by atoms with Crippen molar-refractivity contribution in [1.29, 1.82) is 0 Å². The third kappa shape index (κ3) is 5.07. The summed E-state index contributed by atoms with van der Waals surface area (Å²) in [5, 5.41) is 9.87. The zero-order chi connectivity index (χ0) is 24.5. The number of rotatable bonds is 5. The third-order valence-corrected chi connectivity index (χ3v) is 7.72. The molecule has 0 bridgehead atoms. The van der Waals surface area contributed by atoms with Crippen LogP contribution in [0.25, 0.3) is 17.1 Å². The fraction of sp³-hybridized carbons (Fsp3) is 0.464. The number of piperidine rings is 1. The summed E-state index contributed by atoms with van der Waals surface area (Å²) in [6, 6.07) is 17.4. The van der Waals surface area contributed by atoms with E-state index in [0.717, 1.165) is 40.6 Å². The molecule has 1 aliphatic heterocycles. The molecule has 2 aromatic carbocycles. The van der Waals surface area contributed by atoms with Crippen LogP contribution in [0.5, 0.6) is 0 Å². The van der Waals surface area contributed by atoms with Crippen molar-refractivity contribution < 1.29 is 4.79 Å². The molecule has 1 aromatic heterocycles. The van der Waals surface area contributed by atoms with E-state index in [0.29, 0.717) is 17.8 Å². The monoisotopic (exact) mass is 476 g/mol. The number of hydrogen-bond acceptors (Lipinski definition) is 4. The summed E-state index contributed by atoms with van der Waals surface area (Å²) in [5.41, 5.74) is 4.56. The largest absolute Gasteiger partial charge is 0.337 e. The van der Waals surface area contributed by atoms with Gasteiger partial charge in [-0.1, -0.05) is 75.0 Å². The summed E-state index contributed by atoms with van der Waals surface area (Å²) in [6.45, 7) is 13.1. The van der Waals surface area contributed by atoms with Crippen molar-refractivity contribution in [2.45, 2.75) is 83.5 Å². The number of benzene rings is 2. The molecule has 1 fully saturated rings. The first-order chi connectivity index (χ1) is 16.2. The maximum Gasteiger partial charge on any atom is 0.233 e. The Kier molecular flexibility index (Phi) is 7.17. The van der Waals surface area contributed by atoms with E-state index in [-0.39, 0.29) is 11.3 Å². The Hall–Kier alpha value is -2.60. The van der Waals surface area contributed by atoms with Gasteiger partial charge in [-0.15, -0.1) is 10.2 Å². The lowest BCUT2D eigenvalue weighted by Crippen LogP contribution is -2.48. The summed E-state index contributed by atoms with van der Waals surface area (Å²) >= 11 is 1.48. The van der Waals surface area contributed by atoms with Crippen LogP contribution < -0.4 is 0 Å². The van der Waals surface area contributed by atoms with Crippen LogP contribution in [0.1, 0.15) is 65.0 Å². The molecule has 0 saturated carbocycles. The zero-order valence-corrected chi connectivity index (χ0v) is 22.0. The van der Waals surface area contributed by atoms with Crippen LogP contribution in [-0.4, -0.2) is 43.4 Å². The molecule has 2 atom stereocenters. The van der Waals surface area contributed by atoms with Crippen LogP contribution in [0.3, 0.4) is 0 Å². The normalized spacial score (nSPS) is 18.8. The summed E-state index contributed by atoms with van der Waals surface area (Å²) in [5.74, 6) is 1.34. The molecular weight excluding hydrogens is 440 g/mol. The van der Waals surface area contributed by atoms with E-state index in [1.807, 2.05) is 12.1 Å². The highest BCUT2D eigenvalue weighted by atomic mass is 32.2. The van der Waals surface area contributed by atoms with Crippen molar-refractivity contribution >= 4 is 17.7 Å². The molecule has 34 heavy (non-hydrogen) atoms. The molecule has 1 amide bonds. The van der Waals surface area contributed by atoms with E-state index < -0.39 is 0 Å². The molecule has 0 aliphatic carbocycles. The van der Waals surface area contributed by atoms with Gasteiger partial charge in [0.2, 0.25) is 5.91 Å². The smallest absolute Gasteiger partial charge is 0.233 e. The first-order valence-corrected chi connectivity index (χ1v) is 13.2. The topological polar surface area (TPSA) is 51.0 Å². The van der Waals surface area contributed by atoms with E-state index in [2.05, 4.69) is 97.6 Å². The highest BCUT2D eigenvalue weighted by Gasteiger charge is 2.29. The molecule has 1 aliphatic rings. The minimum Gasteiger partial charge on any atom is -0.337 e. The van der Waals surface area contributed by atoms with E-state index in [9.17, 15) is 4.79 Å². The van der Waals surface area contributed by atoms with Crippen molar-refractivity contribution in [3.05, 3.63) is 59.7 Å². The third-order valence-electron chi connectivity index (χ3n) is 6.81. The molecule has 0 radical (unpaired) electrons. The van der Waals surface area contributed by atoms with Crippen LogP contribution in [0, 0.1) is 6.92 Å². The summed E-state index contributed by atoms with van der Waals surface area (Å²) < 4.78 is 2.10. The summed E-state index contributed by atoms with van der Waals surface area (Å²) in [6.07, 6.45) is 3.35. The van der Waals surface area contributed by atoms with Gasteiger partial charge in [-0.3, -0.25) is 9.36 Å². The highest BCUT2D eigenvalue weighted by molar-refractivity contribution is 7.99. The van der Waals surface area contributed by atoms with Gasteiger partial charge in [-0.25, -0.2) is 0 Å². The lowest BCUT2D eigenvalue weighted by Gasteiger charge is -2.39. The number of para-hydroxylation sites is 1. The average molecular weight is 477 g/mol. The van der Waals surface area contributed by atoms with Crippen molar-refractivity contribution in [3.63, 3.8) is 0 Å². The quantitative estimate of drug-likeness (QED) is 0.399. The Labute approximate surface area is 208 Å². The Morgan fingerprint density at radius 3 is 2.26 bits per heavy atom. The maximum absolute atomic E-state index is 13.2. The second-order valence-electron chi connectivity index (χ2n) is 10.5. The van der Waals surface area contributed by atoms with Crippen LogP contribution in [0.15, 0.2) is 53.7 Å². The molecule has 3 aromatic rings. The van der Waals surface area contributed by atoms with Gasteiger partial charge < -0.3 is 4.90 Å². The van der Waals surface area contributed by atoms with E-state index in [4.69, 9.17) is 0 Å². The van der Waals surface area contributed by atoms with Crippen molar-refractivity contribution in [3.8, 4) is 17.1 Å². The molecule has 0 spiro atoms. The number of aromatic nitrogens is 3. The van der Waals surface area contributed by atoms with Gasteiger partial charge in [0.05, 0.1) is 11.4 Å². The van der Waals surface area contributed by atoms with E-state index in [1.54, 1.807) is 0 Å². The van der Waals surface area contributed by atoms with Crippen molar-refractivity contribution in [2.75, 3.05) is 5.75 Å². The fourth-order valence-corrected chi connectivity index (χ4v) is 5.63. The van der Waals surface area contributed by atoms with Gasteiger partial charge in [0.25, 0.3) is 0 Å². The van der Waals surface area contributed by atoms with Gasteiger partial charge in [0.1, 0.15) is 0 Å². The molecule has 180 valence electrons. The second kappa shape index (κ2) is 9.95. The van der Waals surface area contributed by atoms with E-state index >= 15 is 0 Å². The molecule has 0 unspecified atom stereocenters. The first-order valence-electron chi connectivity index (χ1n) is 12.2. The number of nitrogens with zero attached hydrogens (tertiary/aromatic N) is 4.